The van der Waals surface area contributed by atoms with Crippen molar-refractivity contribution in [2.75, 3.05) is 11.9 Å². The van der Waals surface area contributed by atoms with Gasteiger partial charge in [0.05, 0.1) is 0 Å². The van der Waals surface area contributed by atoms with E-state index in [4.69, 9.17) is 0 Å². The Labute approximate surface area is 105 Å². The van der Waals surface area contributed by atoms with Crippen molar-refractivity contribution in [2.45, 2.75) is 6.42 Å². The molecule has 0 bridgehead atoms. The lowest BCUT2D eigenvalue weighted by atomic mass is 10.4. The molecule has 0 radical (unpaired) electrons. The van der Waals surface area contributed by atoms with Gasteiger partial charge in [0, 0.05) is 44.8 Å². The van der Waals surface area contributed by atoms with Crippen molar-refractivity contribution in [3.63, 3.8) is 0 Å². The Morgan fingerprint density at radius 1 is 1.17 bits per heavy atom. The summed E-state index contributed by atoms with van der Waals surface area (Å²) in [6.07, 6.45) is 8.45. The van der Waals surface area contributed by atoms with Crippen molar-refractivity contribution in [3.8, 4) is 0 Å². The molecule has 0 aromatic carbocycles. The van der Waals surface area contributed by atoms with E-state index < -0.39 is 0 Å². The number of aromatic nitrogens is 4. The third-order valence-electron chi connectivity index (χ3n) is 3.00. The van der Waals surface area contributed by atoms with Gasteiger partial charge < -0.3 is 9.88 Å². The first-order valence-electron chi connectivity index (χ1n) is 5.97. The molecule has 5 nitrogen and oxygen atoms in total. The van der Waals surface area contributed by atoms with Crippen LogP contribution < -0.4 is 5.32 Å². The van der Waals surface area contributed by atoms with Gasteiger partial charge in [-0.3, -0.25) is 4.40 Å². The number of anilines is 1. The molecule has 0 atom stereocenters. The summed E-state index contributed by atoms with van der Waals surface area (Å²) in [5.74, 6) is 2.14. The van der Waals surface area contributed by atoms with Gasteiger partial charge >= 0.3 is 0 Å². The lowest BCUT2D eigenvalue weighted by molar-refractivity contribution is 0.788. The summed E-state index contributed by atoms with van der Waals surface area (Å²) in [5, 5.41) is 3.41. The minimum absolute atomic E-state index is 0.849. The number of nitrogens with one attached hydrogen (secondary N) is 1. The average Bonchev–Trinajstić information content (AvgIpc) is 2.99. The Hall–Kier alpha value is -2.30. The average molecular weight is 241 g/mol. The Balaban J connectivity index is 1.70. The summed E-state index contributed by atoms with van der Waals surface area (Å²) in [5.41, 5.74) is 0.956. The van der Waals surface area contributed by atoms with Crippen molar-refractivity contribution in [2.24, 2.45) is 7.05 Å². The van der Waals surface area contributed by atoms with Crippen molar-refractivity contribution < 1.29 is 0 Å². The zero-order chi connectivity index (χ0) is 12.4. The van der Waals surface area contributed by atoms with E-state index in [0.717, 1.165) is 30.3 Å². The van der Waals surface area contributed by atoms with Crippen LogP contribution in [0.15, 0.2) is 43.0 Å². The van der Waals surface area contributed by atoms with Crippen LogP contribution in [0.25, 0.3) is 5.65 Å². The van der Waals surface area contributed by atoms with Crippen LogP contribution in [0.5, 0.6) is 0 Å². The van der Waals surface area contributed by atoms with Crippen LogP contribution in [-0.4, -0.2) is 25.5 Å². The highest BCUT2D eigenvalue weighted by Gasteiger charge is 2.01. The highest BCUT2D eigenvalue weighted by molar-refractivity contribution is 5.49. The second-order valence-corrected chi connectivity index (χ2v) is 4.20. The highest BCUT2D eigenvalue weighted by atomic mass is 15.1. The Bertz CT molecular complexity index is 652. The fraction of sp³-hybridized carbons (Fsp3) is 0.231. The van der Waals surface area contributed by atoms with E-state index in [2.05, 4.69) is 15.3 Å². The summed E-state index contributed by atoms with van der Waals surface area (Å²) in [4.78, 5) is 8.56. The van der Waals surface area contributed by atoms with Crippen LogP contribution >= 0.6 is 0 Å². The predicted octanol–water partition coefficient (Wildman–Crippen LogP) is 1.72. The van der Waals surface area contributed by atoms with Gasteiger partial charge in [-0.25, -0.2) is 9.97 Å². The van der Waals surface area contributed by atoms with E-state index in [0.29, 0.717) is 0 Å². The molecule has 0 spiro atoms. The minimum atomic E-state index is 0.849. The number of hydrogen-bond acceptors (Lipinski definition) is 3. The van der Waals surface area contributed by atoms with Gasteiger partial charge in [-0.1, -0.05) is 6.07 Å². The number of hydrogen-bond donors (Lipinski definition) is 1. The minimum Gasteiger partial charge on any atom is -0.371 e. The van der Waals surface area contributed by atoms with E-state index in [1.807, 2.05) is 52.8 Å². The lowest BCUT2D eigenvalue weighted by Crippen LogP contribution is -2.10. The summed E-state index contributed by atoms with van der Waals surface area (Å²) in [6, 6.07) is 6.04. The normalized spacial score (nSPS) is 10.9. The molecule has 0 amide bonds. The smallest absolute Gasteiger partial charge is 0.138 e. The molecule has 0 aliphatic carbocycles. The van der Waals surface area contributed by atoms with Gasteiger partial charge in [-0.15, -0.1) is 0 Å². The topological polar surface area (TPSA) is 47.2 Å². The first-order chi connectivity index (χ1) is 8.84. The molecule has 1 N–H and O–H groups in total. The molecule has 18 heavy (non-hydrogen) atoms. The monoisotopic (exact) mass is 241 g/mol. The molecule has 3 aromatic heterocycles. The van der Waals surface area contributed by atoms with Crippen LogP contribution in [0, 0.1) is 0 Å². The Kier molecular flexibility index (Phi) is 2.72. The standard InChI is InChI=1S/C13H15N5/c1-17-9-7-15-11(17)5-6-14-12-3-2-4-13-16-8-10-18(12)13/h2-4,7-10,14H,5-6H2,1H3. The molecule has 0 unspecified atom stereocenters. The van der Waals surface area contributed by atoms with Crippen LogP contribution in [0.1, 0.15) is 5.82 Å². The molecule has 5 heteroatoms. The maximum absolute atomic E-state index is 4.30. The number of nitrogens with zero attached hydrogens (tertiary/aromatic N) is 4. The molecule has 3 aromatic rings. The first kappa shape index (κ1) is 10.8. The van der Waals surface area contributed by atoms with Gasteiger partial charge in [-0.2, -0.15) is 0 Å². The van der Waals surface area contributed by atoms with Crippen LogP contribution in [-0.2, 0) is 13.5 Å². The van der Waals surface area contributed by atoms with Crippen LogP contribution in [0.2, 0.25) is 0 Å². The number of imidazole rings is 2. The van der Waals surface area contributed by atoms with Crippen LogP contribution in [0.3, 0.4) is 0 Å². The van der Waals surface area contributed by atoms with Crippen molar-refractivity contribution in [1.82, 2.24) is 18.9 Å². The van der Waals surface area contributed by atoms with E-state index in [-0.39, 0.29) is 0 Å². The quantitative estimate of drug-likeness (QED) is 0.756. The molecule has 0 saturated heterocycles. The maximum atomic E-state index is 4.30. The fourth-order valence-corrected chi connectivity index (χ4v) is 2.03. The molecular weight excluding hydrogens is 226 g/mol. The molecule has 0 saturated carbocycles. The van der Waals surface area contributed by atoms with Gasteiger partial charge in [0.25, 0.3) is 0 Å². The van der Waals surface area contributed by atoms with E-state index in [9.17, 15) is 0 Å². The SMILES string of the molecule is Cn1ccnc1CCNc1cccc2nccn12. The number of rotatable bonds is 4. The van der Waals surface area contributed by atoms with Crippen LogP contribution in [0.4, 0.5) is 5.82 Å². The molecule has 0 aliphatic heterocycles. The van der Waals surface area contributed by atoms with E-state index >= 15 is 0 Å². The molecule has 0 aliphatic rings. The zero-order valence-electron chi connectivity index (χ0n) is 10.2. The van der Waals surface area contributed by atoms with E-state index in [1.165, 1.54) is 0 Å². The van der Waals surface area contributed by atoms with Gasteiger partial charge in [-0.05, 0) is 12.1 Å². The molecule has 92 valence electrons. The fourth-order valence-electron chi connectivity index (χ4n) is 2.03. The highest BCUT2D eigenvalue weighted by Crippen LogP contribution is 2.10. The zero-order valence-corrected chi connectivity index (χ0v) is 10.2. The Morgan fingerprint density at radius 2 is 2.06 bits per heavy atom. The van der Waals surface area contributed by atoms with Gasteiger partial charge in [0.1, 0.15) is 17.3 Å². The summed E-state index contributed by atoms with van der Waals surface area (Å²) < 4.78 is 4.08. The largest absolute Gasteiger partial charge is 0.371 e. The molecule has 0 fully saturated rings. The second-order valence-electron chi connectivity index (χ2n) is 4.20. The maximum Gasteiger partial charge on any atom is 0.138 e. The van der Waals surface area contributed by atoms with E-state index in [1.54, 1.807) is 6.20 Å². The predicted molar refractivity (Wildman–Crippen MR) is 70.6 cm³/mol. The summed E-state index contributed by atoms with van der Waals surface area (Å²) in [7, 11) is 2.01. The third kappa shape index (κ3) is 1.95. The van der Waals surface area contributed by atoms with Gasteiger partial charge in [0.2, 0.25) is 0 Å². The second kappa shape index (κ2) is 4.52. The molecular formula is C13H15N5. The number of pyridine rings is 1. The number of fused-ring (bicyclic) bond motifs is 1. The lowest BCUT2D eigenvalue weighted by Gasteiger charge is -2.08. The molecule has 3 heterocycles. The first-order valence-corrected chi connectivity index (χ1v) is 5.97. The number of aryl methyl sites for hydroxylation is 1. The van der Waals surface area contributed by atoms with Gasteiger partial charge in [0.15, 0.2) is 0 Å². The third-order valence-corrected chi connectivity index (χ3v) is 3.00. The Morgan fingerprint density at radius 3 is 2.89 bits per heavy atom. The van der Waals surface area contributed by atoms with Crippen molar-refractivity contribution in [3.05, 3.63) is 48.8 Å². The summed E-state index contributed by atoms with van der Waals surface area (Å²) in [6.45, 7) is 0.849. The summed E-state index contributed by atoms with van der Waals surface area (Å²) >= 11 is 0. The van der Waals surface area contributed by atoms with Crippen molar-refractivity contribution >= 4 is 11.5 Å². The molecule has 3 rings (SSSR count). The van der Waals surface area contributed by atoms with Crippen molar-refractivity contribution in [1.29, 1.82) is 0 Å².